The maximum Gasteiger partial charge on any atom is 0.358 e. The highest BCUT2D eigenvalue weighted by molar-refractivity contribution is 6.36. The van der Waals surface area contributed by atoms with Gasteiger partial charge < -0.3 is 5.11 Å². The second-order valence-corrected chi connectivity index (χ2v) is 2.74. The minimum Gasteiger partial charge on any atom is -0.476 e. The van der Waals surface area contributed by atoms with Crippen LogP contribution in [0, 0.1) is 0 Å². The first kappa shape index (κ1) is 8.00. The first-order chi connectivity index (χ1) is 6.20. The molecule has 0 radical (unpaired) electrons. The van der Waals surface area contributed by atoms with Crippen molar-refractivity contribution in [2.75, 3.05) is 0 Å². The fourth-order valence-electron chi connectivity index (χ4n) is 1.00. The molecular weight excluding hydrogens is 194 g/mol. The van der Waals surface area contributed by atoms with Crippen LogP contribution in [-0.2, 0) is 0 Å². The molecule has 0 amide bonds. The Balaban J connectivity index is 2.81. The zero-order chi connectivity index (χ0) is 9.42. The van der Waals surface area contributed by atoms with Crippen LogP contribution in [0.3, 0.4) is 0 Å². The van der Waals surface area contributed by atoms with Gasteiger partial charge in [-0.05, 0) is 12.1 Å². The first-order valence-electron chi connectivity index (χ1n) is 3.43. The SMILES string of the molecule is O=C(O)c1nn2ncccc2c1Cl. The van der Waals surface area contributed by atoms with E-state index in [2.05, 4.69) is 10.2 Å². The van der Waals surface area contributed by atoms with Gasteiger partial charge in [0.1, 0.15) is 10.5 Å². The van der Waals surface area contributed by atoms with Crippen molar-refractivity contribution in [3.63, 3.8) is 0 Å². The number of carbonyl (C=O) groups is 1. The summed E-state index contributed by atoms with van der Waals surface area (Å²) >= 11 is 5.75. The normalized spacial score (nSPS) is 10.5. The van der Waals surface area contributed by atoms with Gasteiger partial charge in [0, 0.05) is 6.20 Å². The van der Waals surface area contributed by atoms with Crippen LogP contribution in [0.4, 0.5) is 0 Å². The summed E-state index contributed by atoms with van der Waals surface area (Å²) in [7, 11) is 0. The number of fused-ring (bicyclic) bond motifs is 1. The average Bonchev–Trinajstić information content (AvgIpc) is 2.45. The lowest BCUT2D eigenvalue weighted by Gasteiger charge is -1.86. The molecule has 66 valence electrons. The molecule has 0 aliphatic carbocycles. The van der Waals surface area contributed by atoms with E-state index in [1.54, 1.807) is 12.1 Å². The van der Waals surface area contributed by atoms with E-state index in [0.717, 1.165) is 0 Å². The maximum absolute atomic E-state index is 10.6. The van der Waals surface area contributed by atoms with Gasteiger partial charge in [-0.1, -0.05) is 11.6 Å². The second-order valence-electron chi connectivity index (χ2n) is 2.37. The molecule has 13 heavy (non-hydrogen) atoms. The minimum atomic E-state index is -1.16. The Hall–Kier alpha value is -1.62. The summed E-state index contributed by atoms with van der Waals surface area (Å²) in [5.41, 5.74) is 0.307. The van der Waals surface area contributed by atoms with Crippen molar-refractivity contribution in [2.45, 2.75) is 0 Å². The van der Waals surface area contributed by atoms with Crippen LogP contribution in [0.5, 0.6) is 0 Å². The highest BCUT2D eigenvalue weighted by Gasteiger charge is 2.16. The smallest absolute Gasteiger partial charge is 0.358 e. The van der Waals surface area contributed by atoms with Gasteiger partial charge in [-0.25, -0.2) is 4.79 Å². The summed E-state index contributed by atoms with van der Waals surface area (Å²) in [5, 5.41) is 16.3. The first-order valence-corrected chi connectivity index (χ1v) is 3.81. The van der Waals surface area contributed by atoms with Crippen molar-refractivity contribution in [2.24, 2.45) is 0 Å². The predicted octanol–water partition coefficient (Wildman–Crippen LogP) is 1.08. The van der Waals surface area contributed by atoms with Crippen molar-refractivity contribution in [1.29, 1.82) is 0 Å². The number of aromatic nitrogens is 3. The molecule has 0 bridgehead atoms. The van der Waals surface area contributed by atoms with Gasteiger partial charge in [-0.3, -0.25) is 0 Å². The molecule has 0 aromatic carbocycles. The van der Waals surface area contributed by atoms with Crippen molar-refractivity contribution in [3.8, 4) is 0 Å². The van der Waals surface area contributed by atoms with Gasteiger partial charge in [0.2, 0.25) is 0 Å². The number of aromatic carboxylic acids is 1. The zero-order valence-corrected chi connectivity index (χ0v) is 7.06. The summed E-state index contributed by atoms with van der Waals surface area (Å²) in [6.45, 7) is 0. The van der Waals surface area contributed by atoms with Crippen LogP contribution in [0.1, 0.15) is 10.5 Å². The van der Waals surface area contributed by atoms with Gasteiger partial charge in [0.05, 0.1) is 0 Å². The van der Waals surface area contributed by atoms with Crippen LogP contribution < -0.4 is 0 Å². The molecule has 0 spiro atoms. The summed E-state index contributed by atoms with van der Waals surface area (Å²) in [6, 6.07) is 3.31. The fraction of sp³-hybridized carbons (Fsp3) is 0. The molecule has 1 N–H and O–H groups in total. The molecule has 2 aromatic heterocycles. The van der Waals surface area contributed by atoms with E-state index in [1.807, 2.05) is 0 Å². The van der Waals surface area contributed by atoms with Crippen LogP contribution in [0.2, 0.25) is 5.02 Å². The van der Waals surface area contributed by atoms with E-state index in [9.17, 15) is 4.79 Å². The summed E-state index contributed by atoms with van der Waals surface area (Å²) in [6.07, 6.45) is 1.50. The van der Waals surface area contributed by atoms with Crippen molar-refractivity contribution < 1.29 is 9.90 Å². The third-order valence-corrected chi connectivity index (χ3v) is 1.93. The van der Waals surface area contributed by atoms with Crippen LogP contribution >= 0.6 is 11.6 Å². The number of carboxylic acid groups (broad SMARTS) is 1. The summed E-state index contributed by atoms with van der Waals surface area (Å²) < 4.78 is 1.19. The number of hydrogen-bond donors (Lipinski definition) is 1. The number of hydrogen-bond acceptors (Lipinski definition) is 3. The monoisotopic (exact) mass is 197 g/mol. The highest BCUT2D eigenvalue weighted by Crippen LogP contribution is 2.20. The molecule has 2 aromatic rings. The van der Waals surface area contributed by atoms with Gasteiger partial charge in [0.25, 0.3) is 0 Å². The minimum absolute atomic E-state index is 0.112. The van der Waals surface area contributed by atoms with Gasteiger partial charge >= 0.3 is 5.97 Å². The number of nitrogens with zero attached hydrogens (tertiary/aromatic N) is 3. The average molecular weight is 198 g/mol. The summed E-state index contributed by atoms with van der Waals surface area (Å²) in [5.74, 6) is -1.16. The van der Waals surface area contributed by atoms with E-state index >= 15 is 0 Å². The molecule has 0 saturated carbocycles. The predicted molar refractivity (Wildman–Crippen MR) is 45.0 cm³/mol. The van der Waals surface area contributed by atoms with Crippen molar-refractivity contribution in [3.05, 3.63) is 29.0 Å². The Labute approximate surface area is 77.5 Å². The maximum atomic E-state index is 10.6. The lowest BCUT2D eigenvalue weighted by atomic mass is 10.4. The topological polar surface area (TPSA) is 67.5 Å². The van der Waals surface area contributed by atoms with E-state index < -0.39 is 5.97 Å². The Morgan fingerprint density at radius 3 is 3.00 bits per heavy atom. The van der Waals surface area contributed by atoms with E-state index in [0.29, 0.717) is 5.52 Å². The molecule has 0 fully saturated rings. The van der Waals surface area contributed by atoms with Crippen molar-refractivity contribution in [1.82, 2.24) is 14.8 Å². The van der Waals surface area contributed by atoms with Gasteiger partial charge in [-0.15, -0.1) is 9.73 Å². The quantitative estimate of drug-likeness (QED) is 0.743. The van der Waals surface area contributed by atoms with Crippen molar-refractivity contribution >= 4 is 23.1 Å². The Bertz CT molecular complexity index is 480. The lowest BCUT2D eigenvalue weighted by molar-refractivity contribution is 0.0690. The van der Waals surface area contributed by atoms with Gasteiger partial charge in [-0.2, -0.15) is 5.10 Å². The zero-order valence-electron chi connectivity index (χ0n) is 6.31. The molecule has 2 heterocycles. The number of halogens is 1. The van der Waals surface area contributed by atoms with Crippen LogP contribution in [0.15, 0.2) is 18.3 Å². The molecule has 5 nitrogen and oxygen atoms in total. The Morgan fingerprint density at radius 2 is 2.38 bits per heavy atom. The third-order valence-electron chi connectivity index (χ3n) is 1.56. The standard InChI is InChI=1S/C7H4ClN3O2/c8-5-4-2-1-3-9-11(4)10-6(5)7(12)13/h1-3H,(H,12,13). The second kappa shape index (κ2) is 2.70. The Kier molecular flexibility index (Phi) is 1.66. The molecule has 0 saturated heterocycles. The highest BCUT2D eigenvalue weighted by atomic mass is 35.5. The number of rotatable bonds is 1. The fourth-order valence-corrected chi connectivity index (χ4v) is 1.26. The molecule has 0 unspecified atom stereocenters. The molecule has 0 atom stereocenters. The van der Waals surface area contributed by atoms with Crippen LogP contribution in [0.25, 0.3) is 5.52 Å². The number of carboxylic acids is 1. The van der Waals surface area contributed by atoms with Crippen LogP contribution in [-0.4, -0.2) is 25.9 Å². The molecule has 0 aliphatic rings. The third kappa shape index (κ3) is 1.13. The molecule has 2 rings (SSSR count). The molecule has 6 heteroatoms. The Morgan fingerprint density at radius 1 is 1.62 bits per heavy atom. The molecule has 0 aliphatic heterocycles. The van der Waals surface area contributed by atoms with E-state index in [1.165, 1.54) is 10.8 Å². The lowest BCUT2D eigenvalue weighted by Crippen LogP contribution is -1.99. The van der Waals surface area contributed by atoms with Gasteiger partial charge in [0.15, 0.2) is 5.69 Å². The van der Waals surface area contributed by atoms with E-state index in [-0.39, 0.29) is 10.7 Å². The van der Waals surface area contributed by atoms with E-state index in [4.69, 9.17) is 16.7 Å². The molecular formula is C7H4ClN3O2. The largest absolute Gasteiger partial charge is 0.476 e. The summed E-state index contributed by atoms with van der Waals surface area (Å²) in [4.78, 5) is 10.6.